The fraction of sp³-hybridized carbons (Fsp3) is 0.375. The minimum atomic E-state index is -3.64. The molecule has 0 saturated heterocycles. The molecule has 8 nitrogen and oxygen atoms in total. The Morgan fingerprint density at radius 3 is 2.38 bits per heavy atom. The van der Waals surface area contributed by atoms with E-state index in [0.717, 1.165) is 29.4 Å². The summed E-state index contributed by atoms with van der Waals surface area (Å²) >= 11 is 6.17. The minimum absolute atomic E-state index is 0.0436. The van der Waals surface area contributed by atoms with Gasteiger partial charge in [0.05, 0.1) is 19.1 Å². The van der Waals surface area contributed by atoms with Gasteiger partial charge in [0, 0.05) is 37.5 Å². The van der Waals surface area contributed by atoms with Crippen molar-refractivity contribution in [3.8, 4) is 5.75 Å². The van der Waals surface area contributed by atoms with Crippen LogP contribution < -0.4 is 14.4 Å². The summed E-state index contributed by atoms with van der Waals surface area (Å²) in [5.41, 5.74) is 2.98. The summed E-state index contributed by atoms with van der Waals surface area (Å²) < 4.78 is 32.1. The van der Waals surface area contributed by atoms with E-state index in [1.807, 2.05) is 68.4 Å². The summed E-state index contributed by atoms with van der Waals surface area (Å²) in [5, 5.41) is 3.39. The van der Waals surface area contributed by atoms with Gasteiger partial charge in [-0.1, -0.05) is 67.1 Å². The predicted molar refractivity (Wildman–Crippen MR) is 168 cm³/mol. The lowest BCUT2D eigenvalue weighted by Gasteiger charge is -2.32. The summed E-state index contributed by atoms with van der Waals surface area (Å²) in [6.45, 7) is 4.56. The molecular weight excluding hydrogens is 574 g/mol. The van der Waals surface area contributed by atoms with Crippen molar-refractivity contribution in [3.05, 3.63) is 94.5 Å². The van der Waals surface area contributed by atoms with E-state index in [4.69, 9.17) is 16.3 Å². The van der Waals surface area contributed by atoms with Crippen LogP contribution >= 0.6 is 11.6 Å². The molecule has 3 aromatic carbocycles. The maximum atomic E-state index is 13.9. The van der Waals surface area contributed by atoms with E-state index in [9.17, 15) is 18.0 Å². The average molecular weight is 614 g/mol. The number of ether oxygens (including phenoxy) is 1. The molecule has 0 unspecified atom stereocenters. The van der Waals surface area contributed by atoms with Gasteiger partial charge in [0.2, 0.25) is 21.8 Å². The van der Waals surface area contributed by atoms with Gasteiger partial charge in [-0.05, 0) is 60.7 Å². The summed E-state index contributed by atoms with van der Waals surface area (Å²) in [6, 6.07) is 21.3. The van der Waals surface area contributed by atoms with E-state index in [1.165, 1.54) is 4.31 Å². The Morgan fingerprint density at radius 1 is 1.00 bits per heavy atom. The monoisotopic (exact) mass is 613 g/mol. The number of amides is 2. The number of hydrogen-bond acceptors (Lipinski definition) is 5. The Kier molecular flexibility index (Phi) is 12.2. The summed E-state index contributed by atoms with van der Waals surface area (Å²) in [4.78, 5) is 29.0. The normalized spacial score (nSPS) is 11.9. The van der Waals surface area contributed by atoms with Crippen molar-refractivity contribution < 1.29 is 22.7 Å². The largest absolute Gasteiger partial charge is 0.497 e. The molecule has 0 aliphatic heterocycles. The molecule has 1 N–H and O–H groups in total. The van der Waals surface area contributed by atoms with Crippen molar-refractivity contribution in [3.63, 3.8) is 0 Å². The highest BCUT2D eigenvalue weighted by Crippen LogP contribution is 2.27. The van der Waals surface area contributed by atoms with Crippen molar-refractivity contribution in [2.75, 3.05) is 30.8 Å². The van der Waals surface area contributed by atoms with Gasteiger partial charge in [-0.2, -0.15) is 0 Å². The zero-order valence-electron chi connectivity index (χ0n) is 24.7. The molecule has 0 aliphatic rings. The first-order chi connectivity index (χ1) is 20.0. The highest BCUT2D eigenvalue weighted by atomic mass is 35.5. The lowest BCUT2D eigenvalue weighted by Crippen LogP contribution is -2.50. The van der Waals surface area contributed by atoms with Crippen molar-refractivity contribution in [2.45, 2.75) is 52.1 Å². The van der Waals surface area contributed by atoms with E-state index >= 15 is 0 Å². The molecule has 3 aromatic rings. The summed E-state index contributed by atoms with van der Waals surface area (Å²) in [5.74, 6) is 0.168. The van der Waals surface area contributed by atoms with Crippen LogP contribution in [0, 0.1) is 6.92 Å². The number of anilines is 1. The van der Waals surface area contributed by atoms with E-state index in [-0.39, 0.29) is 37.7 Å². The third kappa shape index (κ3) is 9.49. The molecule has 0 heterocycles. The highest BCUT2D eigenvalue weighted by molar-refractivity contribution is 7.92. The smallest absolute Gasteiger partial charge is 0.243 e. The van der Waals surface area contributed by atoms with Crippen molar-refractivity contribution in [1.29, 1.82) is 0 Å². The number of carbonyl (C=O) groups is 2. The lowest BCUT2D eigenvalue weighted by atomic mass is 10.0. The molecule has 0 fully saturated rings. The Labute approximate surface area is 254 Å². The Morgan fingerprint density at radius 2 is 1.71 bits per heavy atom. The zero-order chi connectivity index (χ0) is 30.7. The quantitative estimate of drug-likeness (QED) is 0.249. The second-order valence-electron chi connectivity index (χ2n) is 10.2. The Balaban J connectivity index is 1.90. The van der Waals surface area contributed by atoms with Crippen molar-refractivity contribution in [2.24, 2.45) is 0 Å². The van der Waals surface area contributed by atoms with Crippen LogP contribution in [-0.4, -0.2) is 57.6 Å². The van der Waals surface area contributed by atoms with E-state index in [2.05, 4.69) is 5.32 Å². The molecular formula is C32H40ClN3O5S. The molecule has 2 amide bonds. The molecule has 0 spiro atoms. The number of carbonyl (C=O) groups excluding carboxylic acids is 2. The van der Waals surface area contributed by atoms with Gasteiger partial charge in [-0.15, -0.1) is 0 Å². The van der Waals surface area contributed by atoms with Crippen LogP contribution in [0.5, 0.6) is 5.75 Å². The van der Waals surface area contributed by atoms with Gasteiger partial charge in [0.1, 0.15) is 11.8 Å². The second-order valence-corrected chi connectivity index (χ2v) is 12.6. The first-order valence-electron chi connectivity index (χ1n) is 14.0. The number of nitrogens with one attached hydrogen (secondary N) is 1. The highest BCUT2D eigenvalue weighted by Gasteiger charge is 2.30. The first-order valence-corrected chi connectivity index (χ1v) is 16.2. The van der Waals surface area contributed by atoms with Crippen molar-refractivity contribution >= 4 is 39.1 Å². The molecule has 1 atom stereocenters. The molecule has 0 bridgehead atoms. The van der Waals surface area contributed by atoms with Crippen LogP contribution in [0.25, 0.3) is 0 Å². The molecule has 226 valence electrons. The zero-order valence-corrected chi connectivity index (χ0v) is 26.2. The second kappa shape index (κ2) is 15.6. The number of halogens is 1. The van der Waals surface area contributed by atoms with E-state index in [1.54, 1.807) is 30.2 Å². The van der Waals surface area contributed by atoms with Crippen LogP contribution in [-0.2, 0) is 32.6 Å². The predicted octanol–water partition coefficient (Wildman–Crippen LogP) is 5.37. The minimum Gasteiger partial charge on any atom is -0.497 e. The number of hydrogen-bond donors (Lipinski definition) is 1. The molecule has 0 aliphatic carbocycles. The number of aryl methyl sites for hydroxylation is 1. The van der Waals surface area contributed by atoms with Crippen molar-refractivity contribution in [1.82, 2.24) is 10.2 Å². The van der Waals surface area contributed by atoms with Gasteiger partial charge in [-0.25, -0.2) is 8.42 Å². The summed E-state index contributed by atoms with van der Waals surface area (Å²) in [6.07, 6.45) is 2.53. The van der Waals surface area contributed by atoms with Gasteiger partial charge >= 0.3 is 0 Å². The van der Waals surface area contributed by atoms with Gasteiger partial charge < -0.3 is 15.0 Å². The fourth-order valence-electron chi connectivity index (χ4n) is 4.72. The van der Waals surface area contributed by atoms with Gasteiger partial charge in [0.25, 0.3) is 0 Å². The maximum absolute atomic E-state index is 13.9. The van der Waals surface area contributed by atoms with Crippen LogP contribution in [0.1, 0.15) is 42.9 Å². The van der Waals surface area contributed by atoms with Gasteiger partial charge in [0.15, 0.2) is 0 Å². The Hall–Kier alpha value is -3.56. The van der Waals surface area contributed by atoms with Crippen LogP contribution in [0.2, 0.25) is 5.02 Å². The molecule has 42 heavy (non-hydrogen) atoms. The molecule has 3 rings (SSSR count). The first kappa shape index (κ1) is 32.9. The summed E-state index contributed by atoms with van der Waals surface area (Å²) in [7, 11) is -2.06. The van der Waals surface area contributed by atoms with Crippen LogP contribution in [0.4, 0.5) is 5.69 Å². The lowest BCUT2D eigenvalue weighted by molar-refractivity contribution is -0.141. The van der Waals surface area contributed by atoms with Crippen LogP contribution in [0.3, 0.4) is 0 Å². The number of nitrogens with zero attached hydrogens (tertiary/aromatic N) is 2. The van der Waals surface area contributed by atoms with Gasteiger partial charge in [-0.3, -0.25) is 13.9 Å². The third-order valence-corrected chi connectivity index (χ3v) is 8.31. The molecule has 10 heteroatoms. The number of sulfonamides is 1. The molecule has 0 saturated carbocycles. The van der Waals surface area contributed by atoms with Crippen LogP contribution in [0.15, 0.2) is 72.8 Å². The number of methoxy groups -OCH3 is 1. The SMILES string of the molecule is CCCNC(=O)[C@@H](Cc1ccccc1)N(Cc1cccc(OC)c1)C(=O)CCCN(c1cc(Cl)ccc1C)S(C)(=O)=O. The standard InChI is InChI=1S/C32H40ClN3O5S/c1-5-18-34-32(38)30(21-25-11-7-6-8-12-25)35(23-26-13-9-14-28(20-26)41-3)31(37)15-10-19-36(42(4,39)40)29-22-27(33)17-16-24(29)2/h6-9,11-14,16-17,20,22,30H,5,10,15,18-19,21,23H2,1-4H3,(H,34,38)/t30-/m1/s1. The van der Waals surface area contributed by atoms with E-state index in [0.29, 0.717) is 29.4 Å². The maximum Gasteiger partial charge on any atom is 0.243 e. The fourth-order valence-corrected chi connectivity index (χ4v) is 5.90. The molecule has 0 aromatic heterocycles. The van der Waals surface area contributed by atoms with E-state index < -0.39 is 16.1 Å². The number of rotatable bonds is 15. The Bertz CT molecular complexity index is 1450. The number of benzene rings is 3. The average Bonchev–Trinajstić information content (AvgIpc) is 2.97. The third-order valence-electron chi connectivity index (χ3n) is 6.90. The topological polar surface area (TPSA) is 96.0 Å². The molecule has 0 radical (unpaired) electrons.